The maximum absolute atomic E-state index is 12.1. The molecule has 1 aromatic heterocycles. The van der Waals surface area contributed by atoms with E-state index in [0.29, 0.717) is 18.2 Å². The van der Waals surface area contributed by atoms with Gasteiger partial charge < -0.3 is 15.4 Å². The third-order valence-electron chi connectivity index (χ3n) is 4.50. The van der Waals surface area contributed by atoms with Crippen LogP contribution in [0.25, 0.3) is 0 Å². The fourth-order valence-corrected chi connectivity index (χ4v) is 3.99. The molecule has 0 bridgehead atoms. The number of methoxy groups -OCH3 is 1. The van der Waals surface area contributed by atoms with Crippen molar-refractivity contribution in [1.82, 2.24) is 15.3 Å². The molecule has 27 heavy (non-hydrogen) atoms. The summed E-state index contributed by atoms with van der Waals surface area (Å²) in [6.07, 6.45) is 4.53. The number of rotatable bonds is 6. The van der Waals surface area contributed by atoms with Gasteiger partial charge in [0.25, 0.3) is 0 Å². The van der Waals surface area contributed by atoms with Crippen LogP contribution in [0.15, 0.2) is 35.4 Å². The Bertz CT molecular complexity index is 871. The summed E-state index contributed by atoms with van der Waals surface area (Å²) in [5.41, 5.74) is 1.57. The Morgan fingerprint density at radius 3 is 2.78 bits per heavy atom. The summed E-state index contributed by atoms with van der Waals surface area (Å²) in [5.74, 6) is 1.27. The number of para-hydroxylation sites is 1. The van der Waals surface area contributed by atoms with Crippen LogP contribution in [0.5, 0.6) is 5.75 Å². The number of hydrogen-bond donors (Lipinski definition) is 2. The molecule has 0 amide bonds. The number of hydrogen-bond acceptors (Lipinski definition) is 7. The van der Waals surface area contributed by atoms with Gasteiger partial charge in [0, 0.05) is 30.8 Å². The molecular formula is C18H25ClN4O3S. The van der Waals surface area contributed by atoms with E-state index in [0.717, 1.165) is 37.2 Å². The van der Waals surface area contributed by atoms with Crippen molar-refractivity contribution in [1.29, 1.82) is 0 Å². The molecule has 0 saturated carbocycles. The molecule has 1 fully saturated rings. The number of ether oxygens (including phenoxy) is 1. The number of nitrogens with one attached hydrogen (secondary N) is 2. The van der Waals surface area contributed by atoms with Crippen molar-refractivity contribution in [2.45, 2.75) is 30.2 Å². The topological polar surface area (TPSA) is 93.2 Å². The van der Waals surface area contributed by atoms with Crippen LogP contribution in [0, 0.1) is 0 Å². The molecule has 2 heterocycles. The minimum absolute atomic E-state index is 0. The first-order valence-corrected chi connectivity index (χ1v) is 10.5. The second-order valence-corrected chi connectivity index (χ2v) is 8.41. The summed E-state index contributed by atoms with van der Waals surface area (Å²) in [6, 6.07) is 7.70. The first-order chi connectivity index (χ1) is 12.5. The zero-order valence-electron chi connectivity index (χ0n) is 15.4. The molecule has 0 radical (unpaired) electrons. The van der Waals surface area contributed by atoms with E-state index in [9.17, 15) is 8.42 Å². The molecule has 2 aromatic rings. The standard InChI is InChI=1S/C18H24N4O3S.ClH/c1-25-15-8-4-3-6-13(15)11-20-18-21-12-16(26(2,23)24)17(22-18)14-7-5-9-19-10-14;/h3-4,6,8,12,14,19H,5,7,9-11H2,1-2H3,(H,20,21,22);1H. The summed E-state index contributed by atoms with van der Waals surface area (Å²) in [4.78, 5) is 8.98. The predicted molar refractivity (Wildman–Crippen MR) is 108 cm³/mol. The van der Waals surface area contributed by atoms with Crippen LogP contribution in [0.1, 0.15) is 30.0 Å². The Morgan fingerprint density at radius 2 is 2.11 bits per heavy atom. The molecule has 1 atom stereocenters. The second-order valence-electron chi connectivity index (χ2n) is 6.42. The van der Waals surface area contributed by atoms with Crippen LogP contribution in [-0.4, -0.2) is 44.8 Å². The van der Waals surface area contributed by atoms with E-state index in [-0.39, 0.29) is 23.2 Å². The third-order valence-corrected chi connectivity index (χ3v) is 5.61. The second kappa shape index (κ2) is 9.34. The molecule has 7 nitrogen and oxygen atoms in total. The van der Waals surface area contributed by atoms with Crippen LogP contribution in [-0.2, 0) is 16.4 Å². The van der Waals surface area contributed by atoms with Gasteiger partial charge >= 0.3 is 0 Å². The van der Waals surface area contributed by atoms with Gasteiger partial charge in [-0.15, -0.1) is 12.4 Å². The predicted octanol–water partition coefficient (Wildman–Crippen LogP) is 2.39. The number of anilines is 1. The maximum Gasteiger partial charge on any atom is 0.223 e. The van der Waals surface area contributed by atoms with Gasteiger partial charge in [-0.05, 0) is 25.5 Å². The molecule has 3 rings (SSSR count). The molecule has 1 aromatic carbocycles. The Morgan fingerprint density at radius 1 is 1.33 bits per heavy atom. The highest BCUT2D eigenvalue weighted by molar-refractivity contribution is 7.90. The number of sulfone groups is 1. The Kier molecular flexibility index (Phi) is 7.41. The number of nitrogens with zero attached hydrogens (tertiary/aromatic N) is 2. The highest BCUT2D eigenvalue weighted by Gasteiger charge is 2.25. The monoisotopic (exact) mass is 412 g/mol. The zero-order chi connectivity index (χ0) is 18.6. The number of piperidine rings is 1. The summed E-state index contributed by atoms with van der Waals surface area (Å²) in [6.45, 7) is 2.17. The first kappa shape index (κ1) is 21.4. The summed E-state index contributed by atoms with van der Waals surface area (Å²) in [5, 5.41) is 6.49. The lowest BCUT2D eigenvalue weighted by atomic mass is 9.96. The molecule has 1 aliphatic rings. The van der Waals surface area contributed by atoms with Crippen molar-refractivity contribution in [3.63, 3.8) is 0 Å². The zero-order valence-corrected chi connectivity index (χ0v) is 17.1. The van der Waals surface area contributed by atoms with Gasteiger partial charge in [0.15, 0.2) is 9.84 Å². The van der Waals surface area contributed by atoms with Crippen LogP contribution >= 0.6 is 12.4 Å². The minimum atomic E-state index is -3.38. The average molecular weight is 413 g/mol. The largest absolute Gasteiger partial charge is 0.496 e. The van der Waals surface area contributed by atoms with Crippen LogP contribution < -0.4 is 15.4 Å². The highest BCUT2D eigenvalue weighted by Crippen LogP contribution is 2.28. The van der Waals surface area contributed by atoms with Crippen LogP contribution in [0.3, 0.4) is 0 Å². The van der Waals surface area contributed by atoms with E-state index in [1.807, 2.05) is 24.3 Å². The van der Waals surface area contributed by atoms with Gasteiger partial charge in [-0.2, -0.15) is 0 Å². The molecule has 0 aliphatic carbocycles. The molecular weight excluding hydrogens is 388 g/mol. The van der Waals surface area contributed by atoms with Gasteiger partial charge in [0.2, 0.25) is 5.95 Å². The fourth-order valence-electron chi connectivity index (χ4n) is 3.16. The Balaban J connectivity index is 0.00000261. The van der Waals surface area contributed by atoms with Crippen molar-refractivity contribution < 1.29 is 13.2 Å². The lowest BCUT2D eigenvalue weighted by Gasteiger charge is -2.24. The lowest BCUT2D eigenvalue weighted by molar-refractivity contribution is 0.410. The van der Waals surface area contributed by atoms with E-state index in [4.69, 9.17) is 4.74 Å². The molecule has 0 spiro atoms. The van der Waals surface area contributed by atoms with Gasteiger partial charge in [0.1, 0.15) is 10.6 Å². The lowest BCUT2D eigenvalue weighted by Crippen LogP contribution is -2.30. The van der Waals surface area contributed by atoms with Crippen molar-refractivity contribution in [3.8, 4) is 5.75 Å². The maximum atomic E-state index is 12.1. The summed E-state index contributed by atoms with van der Waals surface area (Å²) >= 11 is 0. The van der Waals surface area contributed by atoms with E-state index in [1.54, 1.807) is 7.11 Å². The van der Waals surface area contributed by atoms with E-state index in [1.165, 1.54) is 12.5 Å². The smallest absolute Gasteiger partial charge is 0.223 e. The number of benzene rings is 1. The van der Waals surface area contributed by atoms with Crippen molar-refractivity contribution in [2.75, 3.05) is 31.8 Å². The molecule has 1 saturated heterocycles. The molecule has 148 valence electrons. The molecule has 1 unspecified atom stereocenters. The van der Waals surface area contributed by atoms with Gasteiger partial charge in [-0.3, -0.25) is 0 Å². The van der Waals surface area contributed by atoms with Crippen molar-refractivity contribution in [2.24, 2.45) is 0 Å². The Labute approximate surface area is 166 Å². The minimum Gasteiger partial charge on any atom is -0.496 e. The van der Waals surface area contributed by atoms with Gasteiger partial charge in [-0.1, -0.05) is 18.2 Å². The van der Waals surface area contributed by atoms with Crippen molar-refractivity contribution in [3.05, 3.63) is 41.7 Å². The summed E-state index contributed by atoms with van der Waals surface area (Å²) in [7, 11) is -1.75. The molecule has 1 aliphatic heterocycles. The SMILES string of the molecule is COc1ccccc1CNc1ncc(S(C)(=O)=O)c(C2CCCNC2)n1.Cl. The van der Waals surface area contributed by atoms with Crippen LogP contribution in [0.2, 0.25) is 0 Å². The third kappa shape index (κ3) is 5.31. The highest BCUT2D eigenvalue weighted by atomic mass is 35.5. The van der Waals surface area contributed by atoms with E-state index in [2.05, 4.69) is 20.6 Å². The first-order valence-electron chi connectivity index (χ1n) is 8.62. The molecule has 9 heteroatoms. The fraction of sp³-hybridized carbons (Fsp3) is 0.444. The van der Waals surface area contributed by atoms with E-state index >= 15 is 0 Å². The summed E-state index contributed by atoms with van der Waals surface area (Å²) < 4.78 is 29.6. The average Bonchev–Trinajstić information content (AvgIpc) is 2.66. The van der Waals surface area contributed by atoms with Crippen molar-refractivity contribution >= 4 is 28.2 Å². The quantitative estimate of drug-likeness (QED) is 0.752. The van der Waals surface area contributed by atoms with Gasteiger partial charge in [0.05, 0.1) is 19.0 Å². The van der Waals surface area contributed by atoms with Gasteiger partial charge in [-0.25, -0.2) is 18.4 Å². The number of aromatic nitrogens is 2. The normalized spacial score (nSPS) is 17.0. The Hall–Kier alpha value is -1.90. The van der Waals surface area contributed by atoms with E-state index < -0.39 is 9.84 Å². The van der Waals surface area contributed by atoms with Crippen LogP contribution in [0.4, 0.5) is 5.95 Å². The number of halogens is 1. The molecule has 2 N–H and O–H groups in total.